The average molecular weight is 278 g/mol. The number of anilines is 1. The van der Waals surface area contributed by atoms with Crippen LogP contribution in [0.2, 0.25) is 0 Å². The fraction of sp³-hybridized carbons (Fsp3) is 0.467. The predicted molar refractivity (Wildman–Crippen MR) is 78.7 cm³/mol. The molecule has 1 aromatic carbocycles. The van der Waals surface area contributed by atoms with Crippen molar-refractivity contribution < 1.29 is 14.3 Å². The van der Waals surface area contributed by atoms with Crippen LogP contribution in [0.5, 0.6) is 0 Å². The van der Waals surface area contributed by atoms with Gasteiger partial charge in [0, 0.05) is 30.3 Å². The molecule has 0 aliphatic heterocycles. The second kappa shape index (κ2) is 7.65. The lowest BCUT2D eigenvalue weighted by Crippen LogP contribution is -2.35. The minimum atomic E-state index is -0.185. The molecule has 5 heteroatoms. The zero-order valence-electron chi connectivity index (χ0n) is 12.4. The summed E-state index contributed by atoms with van der Waals surface area (Å²) < 4.78 is 4.97. The van der Waals surface area contributed by atoms with Crippen LogP contribution in [0.25, 0.3) is 0 Å². The average Bonchev–Trinajstić information content (AvgIpc) is 2.39. The van der Waals surface area contributed by atoms with Crippen LogP contribution in [0.3, 0.4) is 0 Å². The highest BCUT2D eigenvalue weighted by Gasteiger charge is 2.11. The third-order valence-corrected chi connectivity index (χ3v) is 2.71. The van der Waals surface area contributed by atoms with E-state index >= 15 is 0 Å². The first kappa shape index (κ1) is 16.2. The van der Waals surface area contributed by atoms with Crippen LogP contribution >= 0.6 is 0 Å². The Morgan fingerprint density at radius 1 is 1.25 bits per heavy atom. The van der Waals surface area contributed by atoms with Crippen LogP contribution in [-0.4, -0.2) is 31.6 Å². The second-order valence-corrected chi connectivity index (χ2v) is 5.05. The van der Waals surface area contributed by atoms with Crippen LogP contribution in [-0.2, 0) is 9.53 Å². The Morgan fingerprint density at radius 2 is 1.95 bits per heavy atom. The van der Waals surface area contributed by atoms with E-state index in [0.717, 1.165) is 0 Å². The number of nitrogens with one attached hydrogen (secondary N) is 2. The molecule has 20 heavy (non-hydrogen) atoms. The SMILES string of the molecule is COC[C@@H](C)NC(=O)c1cccc(NC(=O)C(C)C)c1. The number of hydrogen-bond acceptors (Lipinski definition) is 3. The van der Waals surface area contributed by atoms with Gasteiger partial charge in [0.05, 0.1) is 6.61 Å². The van der Waals surface area contributed by atoms with Crippen LogP contribution in [0.15, 0.2) is 24.3 Å². The minimum absolute atomic E-state index is 0.0681. The number of amides is 2. The summed E-state index contributed by atoms with van der Waals surface area (Å²) in [6.07, 6.45) is 0. The van der Waals surface area contributed by atoms with Crippen molar-refractivity contribution in [1.29, 1.82) is 0 Å². The summed E-state index contributed by atoms with van der Waals surface area (Å²) in [6.45, 7) is 5.96. The lowest BCUT2D eigenvalue weighted by molar-refractivity contribution is -0.118. The number of methoxy groups -OCH3 is 1. The number of ether oxygens (including phenoxy) is 1. The van der Waals surface area contributed by atoms with Crippen LogP contribution < -0.4 is 10.6 Å². The molecule has 5 nitrogen and oxygen atoms in total. The third kappa shape index (κ3) is 5.01. The first-order chi connectivity index (χ1) is 9.43. The van der Waals surface area contributed by atoms with E-state index in [2.05, 4.69) is 10.6 Å². The van der Waals surface area contributed by atoms with Gasteiger partial charge in [-0.1, -0.05) is 19.9 Å². The topological polar surface area (TPSA) is 67.4 Å². The Morgan fingerprint density at radius 3 is 2.55 bits per heavy atom. The Labute approximate surface area is 119 Å². The van der Waals surface area contributed by atoms with Gasteiger partial charge in [0.25, 0.3) is 5.91 Å². The molecule has 110 valence electrons. The van der Waals surface area contributed by atoms with Gasteiger partial charge >= 0.3 is 0 Å². The van der Waals surface area contributed by atoms with Gasteiger partial charge in [-0.3, -0.25) is 9.59 Å². The third-order valence-electron chi connectivity index (χ3n) is 2.71. The number of rotatable bonds is 6. The van der Waals surface area contributed by atoms with Gasteiger partial charge in [-0.25, -0.2) is 0 Å². The molecule has 1 atom stereocenters. The summed E-state index contributed by atoms with van der Waals surface area (Å²) in [6, 6.07) is 6.80. The van der Waals surface area contributed by atoms with Gasteiger partial charge in [-0.15, -0.1) is 0 Å². The van der Waals surface area contributed by atoms with Crippen molar-refractivity contribution in [2.24, 2.45) is 5.92 Å². The zero-order valence-corrected chi connectivity index (χ0v) is 12.4. The van der Waals surface area contributed by atoms with Crippen molar-refractivity contribution in [3.63, 3.8) is 0 Å². The number of carbonyl (C=O) groups is 2. The first-order valence-electron chi connectivity index (χ1n) is 6.64. The standard InChI is InChI=1S/C15H22N2O3/c1-10(2)14(18)17-13-7-5-6-12(8-13)15(19)16-11(3)9-20-4/h5-8,10-11H,9H2,1-4H3,(H,16,19)(H,17,18)/t11-/m1/s1. The Balaban J connectivity index is 2.72. The molecule has 0 unspecified atom stereocenters. The highest BCUT2D eigenvalue weighted by molar-refractivity contribution is 5.97. The normalized spacial score (nSPS) is 12.1. The van der Waals surface area contributed by atoms with E-state index in [-0.39, 0.29) is 23.8 Å². The fourth-order valence-corrected chi connectivity index (χ4v) is 1.62. The van der Waals surface area contributed by atoms with Gasteiger partial charge in [-0.2, -0.15) is 0 Å². The largest absolute Gasteiger partial charge is 0.383 e. The van der Waals surface area contributed by atoms with Crippen molar-refractivity contribution >= 4 is 17.5 Å². The highest BCUT2D eigenvalue weighted by atomic mass is 16.5. The molecular weight excluding hydrogens is 256 g/mol. The Bertz CT molecular complexity index is 472. The molecule has 0 spiro atoms. The van der Waals surface area contributed by atoms with Crippen molar-refractivity contribution in [2.45, 2.75) is 26.8 Å². The molecule has 1 rings (SSSR count). The maximum atomic E-state index is 12.0. The van der Waals surface area contributed by atoms with E-state index in [0.29, 0.717) is 17.9 Å². The molecule has 0 radical (unpaired) electrons. The smallest absolute Gasteiger partial charge is 0.251 e. The molecule has 0 aliphatic rings. The quantitative estimate of drug-likeness (QED) is 0.837. The molecule has 0 saturated heterocycles. The zero-order chi connectivity index (χ0) is 15.1. The summed E-state index contributed by atoms with van der Waals surface area (Å²) >= 11 is 0. The fourth-order valence-electron chi connectivity index (χ4n) is 1.62. The van der Waals surface area contributed by atoms with Gasteiger partial charge in [0.2, 0.25) is 5.91 Å². The lowest BCUT2D eigenvalue weighted by atomic mass is 10.1. The van der Waals surface area contributed by atoms with Gasteiger partial charge in [0.1, 0.15) is 0 Å². The van der Waals surface area contributed by atoms with E-state index in [9.17, 15) is 9.59 Å². The molecule has 2 amide bonds. The molecule has 0 aliphatic carbocycles. The van der Waals surface area contributed by atoms with Gasteiger partial charge < -0.3 is 15.4 Å². The monoisotopic (exact) mass is 278 g/mol. The maximum Gasteiger partial charge on any atom is 0.251 e. The molecule has 1 aromatic rings. The summed E-state index contributed by atoms with van der Waals surface area (Å²) in [5.74, 6) is -0.361. The predicted octanol–water partition coefficient (Wildman–Crippen LogP) is 2.05. The molecule has 2 N–H and O–H groups in total. The van der Waals surface area contributed by atoms with Crippen LogP contribution in [0.4, 0.5) is 5.69 Å². The highest BCUT2D eigenvalue weighted by Crippen LogP contribution is 2.12. The van der Waals surface area contributed by atoms with E-state index in [1.807, 2.05) is 20.8 Å². The van der Waals surface area contributed by atoms with Crippen molar-refractivity contribution in [1.82, 2.24) is 5.32 Å². The summed E-state index contributed by atoms with van der Waals surface area (Å²) in [5.41, 5.74) is 1.13. The van der Waals surface area contributed by atoms with E-state index in [1.54, 1.807) is 31.4 Å². The molecular formula is C15H22N2O3. The van der Waals surface area contributed by atoms with Crippen molar-refractivity contribution in [3.05, 3.63) is 29.8 Å². The second-order valence-electron chi connectivity index (χ2n) is 5.05. The minimum Gasteiger partial charge on any atom is -0.383 e. The molecule has 0 aromatic heterocycles. The number of benzene rings is 1. The number of carbonyl (C=O) groups excluding carboxylic acids is 2. The van der Waals surface area contributed by atoms with Gasteiger partial charge in [0.15, 0.2) is 0 Å². The summed E-state index contributed by atoms with van der Waals surface area (Å²) in [4.78, 5) is 23.7. The lowest BCUT2D eigenvalue weighted by Gasteiger charge is -2.13. The van der Waals surface area contributed by atoms with Crippen LogP contribution in [0, 0.1) is 5.92 Å². The van der Waals surface area contributed by atoms with E-state index in [4.69, 9.17) is 4.74 Å². The van der Waals surface area contributed by atoms with Crippen LogP contribution in [0.1, 0.15) is 31.1 Å². The summed E-state index contributed by atoms with van der Waals surface area (Å²) in [7, 11) is 1.59. The summed E-state index contributed by atoms with van der Waals surface area (Å²) in [5, 5.41) is 5.60. The molecule has 0 bridgehead atoms. The molecule has 0 saturated carbocycles. The Hall–Kier alpha value is -1.88. The van der Waals surface area contributed by atoms with E-state index in [1.165, 1.54) is 0 Å². The van der Waals surface area contributed by atoms with Crippen molar-refractivity contribution in [3.8, 4) is 0 Å². The number of hydrogen-bond donors (Lipinski definition) is 2. The van der Waals surface area contributed by atoms with Gasteiger partial charge in [-0.05, 0) is 25.1 Å². The molecule has 0 fully saturated rings. The van der Waals surface area contributed by atoms with Crippen molar-refractivity contribution in [2.75, 3.05) is 19.0 Å². The first-order valence-corrected chi connectivity index (χ1v) is 6.64. The molecule has 0 heterocycles. The Kier molecular flexibility index (Phi) is 6.18. The maximum absolute atomic E-state index is 12.0. The van der Waals surface area contributed by atoms with E-state index < -0.39 is 0 Å².